The number of likely N-dealkylation sites (tertiary alicyclic amines) is 2. The van der Waals surface area contributed by atoms with Gasteiger partial charge in [-0.3, -0.25) is 14.5 Å². The van der Waals surface area contributed by atoms with Crippen LogP contribution in [0.2, 0.25) is 0 Å². The Balaban J connectivity index is 1.05. The fraction of sp³-hybridized carbons (Fsp3) is 0.514. The maximum Gasteiger partial charge on any atom is 0.254 e. The molecule has 3 saturated heterocycles. The van der Waals surface area contributed by atoms with Crippen LogP contribution < -0.4 is 10.1 Å². The van der Waals surface area contributed by atoms with Crippen LogP contribution in [0.25, 0.3) is 11.3 Å². The van der Waals surface area contributed by atoms with Crippen molar-refractivity contribution in [2.45, 2.75) is 77.4 Å². The second-order valence-corrected chi connectivity index (χ2v) is 14.5. The van der Waals surface area contributed by atoms with Gasteiger partial charge >= 0.3 is 0 Å². The summed E-state index contributed by atoms with van der Waals surface area (Å²) in [5, 5.41) is 11.8. The van der Waals surface area contributed by atoms with E-state index < -0.39 is 11.7 Å². The number of hydrogen-bond donors (Lipinski definition) is 1. The quantitative estimate of drug-likeness (QED) is 0.309. The van der Waals surface area contributed by atoms with Gasteiger partial charge in [0.2, 0.25) is 5.91 Å². The lowest BCUT2D eigenvalue weighted by Crippen LogP contribution is -2.68. The number of benzene rings is 2. The van der Waals surface area contributed by atoms with Gasteiger partial charge in [0, 0.05) is 69.0 Å². The Morgan fingerprint density at radius 1 is 1.09 bits per heavy atom. The van der Waals surface area contributed by atoms with Crippen molar-refractivity contribution < 1.29 is 23.5 Å². The van der Waals surface area contributed by atoms with Gasteiger partial charge in [0.15, 0.2) is 0 Å². The Kier molecular flexibility index (Phi) is 8.74. The molecule has 1 N–H and O–H groups in total. The molecule has 1 saturated carbocycles. The molecule has 4 fully saturated rings. The molecule has 248 valence electrons. The first-order valence-corrected chi connectivity index (χ1v) is 17.0. The lowest BCUT2D eigenvalue weighted by molar-refractivity contribution is -0.128. The summed E-state index contributed by atoms with van der Waals surface area (Å²) in [5.74, 6) is 0.386. The molecule has 4 heterocycles. The van der Waals surface area contributed by atoms with E-state index in [4.69, 9.17) is 9.47 Å². The van der Waals surface area contributed by atoms with Gasteiger partial charge in [-0.05, 0) is 91.5 Å². The van der Waals surface area contributed by atoms with Crippen molar-refractivity contribution in [3.8, 4) is 22.8 Å². The molecule has 10 heteroatoms. The van der Waals surface area contributed by atoms with E-state index in [1.54, 1.807) is 4.90 Å². The summed E-state index contributed by atoms with van der Waals surface area (Å²) in [5.41, 5.74) is 3.30. The molecule has 0 radical (unpaired) electrons. The standard InChI is InChI=1S/C37H44FN5O4/c1-23(2)32-8-9-33(41-40-32)25-4-6-29(7-5-25)47-34-16-30(31(38)15-26(34)20-42-19-24(3)14-35(42)44)36(45)39-27-17-37(18-27)21-43(22-37)28-10-12-46-13-11-28/h4-9,15-16,23-24,27-28H,10-14,17-22H2,1-3H3,(H,39,45)/t24-/m0/s1. The minimum Gasteiger partial charge on any atom is -0.457 e. The second kappa shape index (κ2) is 13.0. The first kappa shape index (κ1) is 31.7. The van der Waals surface area contributed by atoms with Crippen LogP contribution in [0.1, 0.15) is 80.4 Å². The van der Waals surface area contributed by atoms with Crippen LogP contribution in [0, 0.1) is 17.2 Å². The number of carbonyl (C=O) groups excluding carboxylic acids is 2. The minimum absolute atomic E-state index is 0.0248. The van der Waals surface area contributed by atoms with Gasteiger partial charge in [-0.2, -0.15) is 10.2 Å². The summed E-state index contributed by atoms with van der Waals surface area (Å²) in [7, 11) is 0. The Labute approximate surface area is 275 Å². The number of nitrogens with one attached hydrogen (secondary N) is 1. The van der Waals surface area contributed by atoms with Gasteiger partial charge in [0.25, 0.3) is 5.91 Å². The highest BCUT2D eigenvalue weighted by Gasteiger charge is 2.54. The van der Waals surface area contributed by atoms with Crippen molar-refractivity contribution in [3.05, 3.63) is 71.2 Å². The number of hydrogen-bond acceptors (Lipinski definition) is 7. The SMILES string of the molecule is CC(C)c1ccc(-c2ccc(Oc3cc(C(=O)NC4CC5(C4)CN(C4CCOCC4)C5)c(F)cc3CN3C[C@@H](C)CC3=O)cc2)nn1. The maximum atomic E-state index is 15.6. The molecule has 3 aliphatic heterocycles. The van der Waals surface area contributed by atoms with E-state index in [0.717, 1.165) is 68.9 Å². The van der Waals surface area contributed by atoms with E-state index in [2.05, 4.69) is 34.3 Å². The number of rotatable bonds is 9. The number of halogens is 1. The van der Waals surface area contributed by atoms with Crippen LogP contribution >= 0.6 is 0 Å². The third-order valence-corrected chi connectivity index (χ3v) is 10.3. The summed E-state index contributed by atoms with van der Waals surface area (Å²) < 4.78 is 27.4. The molecule has 4 aliphatic rings. The Morgan fingerprint density at radius 2 is 1.83 bits per heavy atom. The lowest BCUT2D eigenvalue weighted by Gasteiger charge is -2.61. The molecule has 2 aromatic carbocycles. The molecular weight excluding hydrogens is 597 g/mol. The fourth-order valence-corrected chi connectivity index (χ4v) is 7.67. The summed E-state index contributed by atoms with van der Waals surface area (Å²) in [6.07, 6.45) is 4.47. The molecule has 1 aliphatic carbocycles. The van der Waals surface area contributed by atoms with Gasteiger partial charge < -0.3 is 19.7 Å². The molecule has 0 unspecified atom stereocenters. The molecule has 47 heavy (non-hydrogen) atoms. The molecule has 9 nitrogen and oxygen atoms in total. The lowest BCUT2D eigenvalue weighted by atomic mass is 9.60. The van der Waals surface area contributed by atoms with Gasteiger partial charge in [-0.25, -0.2) is 4.39 Å². The monoisotopic (exact) mass is 641 g/mol. The van der Waals surface area contributed by atoms with E-state index in [0.29, 0.717) is 42.0 Å². The number of aromatic nitrogens is 2. The van der Waals surface area contributed by atoms with E-state index >= 15 is 4.39 Å². The number of nitrogens with zero attached hydrogens (tertiary/aromatic N) is 4. The van der Waals surface area contributed by atoms with Crippen molar-refractivity contribution >= 4 is 11.8 Å². The predicted molar refractivity (Wildman–Crippen MR) is 176 cm³/mol. The Morgan fingerprint density at radius 3 is 2.47 bits per heavy atom. The molecule has 7 rings (SSSR count). The van der Waals surface area contributed by atoms with Crippen molar-refractivity contribution in [3.63, 3.8) is 0 Å². The van der Waals surface area contributed by atoms with Crippen molar-refractivity contribution in [1.29, 1.82) is 0 Å². The largest absolute Gasteiger partial charge is 0.457 e. The third kappa shape index (κ3) is 6.76. The van der Waals surface area contributed by atoms with Gasteiger partial charge in [-0.15, -0.1) is 0 Å². The third-order valence-electron chi connectivity index (χ3n) is 10.3. The van der Waals surface area contributed by atoms with Gasteiger partial charge in [-0.1, -0.05) is 20.8 Å². The number of carbonyl (C=O) groups is 2. The van der Waals surface area contributed by atoms with Gasteiger partial charge in [0.1, 0.15) is 17.3 Å². The summed E-state index contributed by atoms with van der Waals surface area (Å²) in [4.78, 5) is 30.3. The summed E-state index contributed by atoms with van der Waals surface area (Å²) in [6, 6.07) is 14.8. The zero-order chi connectivity index (χ0) is 32.7. The fourth-order valence-electron chi connectivity index (χ4n) is 7.67. The van der Waals surface area contributed by atoms with E-state index in [1.165, 1.54) is 12.1 Å². The van der Waals surface area contributed by atoms with E-state index in [1.807, 2.05) is 43.3 Å². The van der Waals surface area contributed by atoms with E-state index in [-0.39, 0.29) is 35.4 Å². The molecule has 1 spiro atoms. The highest BCUT2D eigenvalue weighted by atomic mass is 19.1. The zero-order valence-electron chi connectivity index (χ0n) is 27.5. The van der Waals surface area contributed by atoms with Crippen molar-refractivity contribution in [2.75, 3.05) is 32.8 Å². The first-order chi connectivity index (χ1) is 22.6. The molecule has 2 amide bonds. The van der Waals surface area contributed by atoms with Crippen LogP contribution in [-0.2, 0) is 16.1 Å². The minimum atomic E-state index is -0.619. The van der Waals surface area contributed by atoms with Crippen LogP contribution in [0.15, 0.2) is 48.5 Å². The topological polar surface area (TPSA) is 96.9 Å². The van der Waals surface area contributed by atoms with Crippen LogP contribution in [-0.4, -0.2) is 76.7 Å². The zero-order valence-corrected chi connectivity index (χ0v) is 27.5. The highest BCUT2D eigenvalue weighted by Crippen LogP contribution is 2.49. The maximum absolute atomic E-state index is 15.6. The Bertz CT molecular complexity index is 1610. The number of ether oxygens (including phenoxy) is 2. The van der Waals surface area contributed by atoms with E-state index in [9.17, 15) is 9.59 Å². The first-order valence-electron chi connectivity index (χ1n) is 17.0. The number of amides is 2. The van der Waals surface area contributed by atoms with Gasteiger partial charge in [0.05, 0.1) is 17.0 Å². The second-order valence-electron chi connectivity index (χ2n) is 14.5. The van der Waals surface area contributed by atoms with Crippen LogP contribution in [0.3, 0.4) is 0 Å². The van der Waals surface area contributed by atoms with Crippen molar-refractivity contribution in [2.24, 2.45) is 11.3 Å². The van der Waals surface area contributed by atoms with Crippen molar-refractivity contribution in [1.82, 2.24) is 25.3 Å². The summed E-state index contributed by atoms with van der Waals surface area (Å²) >= 11 is 0. The Hall–Kier alpha value is -3.89. The average molecular weight is 642 g/mol. The highest BCUT2D eigenvalue weighted by molar-refractivity contribution is 5.95. The smallest absolute Gasteiger partial charge is 0.254 e. The van der Waals surface area contributed by atoms with Crippen LogP contribution in [0.5, 0.6) is 11.5 Å². The molecule has 3 aromatic rings. The molecule has 1 atom stereocenters. The summed E-state index contributed by atoms with van der Waals surface area (Å²) in [6.45, 7) is 10.8. The normalized spacial score (nSPS) is 21.6. The average Bonchev–Trinajstić information content (AvgIpc) is 3.35. The van der Waals surface area contributed by atoms with Crippen LogP contribution in [0.4, 0.5) is 4.39 Å². The molecular formula is C37H44FN5O4. The predicted octanol–water partition coefficient (Wildman–Crippen LogP) is 5.94. The molecule has 1 aromatic heterocycles. The molecule has 0 bridgehead atoms.